The maximum atomic E-state index is 6.06. The highest BCUT2D eigenvalue weighted by Crippen LogP contribution is 2.33. The Kier molecular flexibility index (Phi) is 3.85. The molecule has 2 heterocycles. The van der Waals surface area contributed by atoms with Gasteiger partial charge in [-0.25, -0.2) is 0 Å². The van der Waals surface area contributed by atoms with Gasteiger partial charge in [-0.2, -0.15) is 0 Å². The second-order valence-electron chi connectivity index (χ2n) is 6.80. The van der Waals surface area contributed by atoms with E-state index in [0.29, 0.717) is 12.1 Å². The zero-order chi connectivity index (χ0) is 14.2. The monoisotopic (exact) mass is 274 g/mol. The van der Waals surface area contributed by atoms with Gasteiger partial charge in [-0.3, -0.25) is 4.90 Å². The average molecular weight is 274 g/mol. The van der Waals surface area contributed by atoms with Crippen molar-refractivity contribution in [2.45, 2.75) is 51.5 Å². The fraction of sp³-hybridized carbons (Fsp3) is 0.647. The molecule has 2 aliphatic rings. The van der Waals surface area contributed by atoms with Gasteiger partial charge in [0.15, 0.2) is 0 Å². The van der Waals surface area contributed by atoms with Gasteiger partial charge >= 0.3 is 0 Å². The summed E-state index contributed by atoms with van der Waals surface area (Å²) in [5.74, 6) is 0. The molecule has 0 saturated carbocycles. The molecule has 1 aromatic rings. The standard InChI is InChI=1S/C17H26N2O/c1-13-11-19(12-17(2,3)20-13)16-8-9-18-10-14-6-4-5-7-15(14)16/h4-7,13,16,18H,8-12H2,1-3H3. The Hall–Kier alpha value is -0.900. The third-order valence-electron chi connectivity index (χ3n) is 4.36. The first-order valence-corrected chi connectivity index (χ1v) is 7.75. The highest BCUT2D eigenvalue weighted by Gasteiger charge is 2.35. The van der Waals surface area contributed by atoms with E-state index < -0.39 is 0 Å². The normalized spacial score (nSPS) is 30.6. The number of nitrogens with one attached hydrogen (secondary N) is 1. The van der Waals surface area contributed by atoms with Crippen molar-refractivity contribution in [1.29, 1.82) is 0 Å². The molecule has 3 rings (SSSR count). The smallest absolute Gasteiger partial charge is 0.0757 e. The molecular formula is C17H26N2O. The largest absolute Gasteiger partial charge is 0.370 e. The number of benzene rings is 1. The van der Waals surface area contributed by atoms with Crippen LogP contribution in [0.2, 0.25) is 0 Å². The molecule has 0 radical (unpaired) electrons. The van der Waals surface area contributed by atoms with Gasteiger partial charge in [0.1, 0.15) is 0 Å². The van der Waals surface area contributed by atoms with Gasteiger partial charge < -0.3 is 10.1 Å². The van der Waals surface area contributed by atoms with Gasteiger partial charge in [0.25, 0.3) is 0 Å². The minimum Gasteiger partial charge on any atom is -0.370 e. The molecule has 110 valence electrons. The van der Waals surface area contributed by atoms with Crippen molar-refractivity contribution < 1.29 is 4.74 Å². The van der Waals surface area contributed by atoms with Crippen molar-refractivity contribution in [2.24, 2.45) is 0 Å². The zero-order valence-corrected chi connectivity index (χ0v) is 12.9. The molecule has 1 N–H and O–H groups in total. The SMILES string of the molecule is CC1CN(C2CCNCc3ccccc32)CC(C)(C)O1. The van der Waals surface area contributed by atoms with Gasteiger partial charge in [-0.05, 0) is 44.9 Å². The minimum absolute atomic E-state index is 0.0493. The van der Waals surface area contributed by atoms with Gasteiger partial charge in [-0.1, -0.05) is 24.3 Å². The van der Waals surface area contributed by atoms with Crippen molar-refractivity contribution in [3.63, 3.8) is 0 Å². The summed E-state index contributed by atoms with van der Waals surface area (Å²) in [6.45, 7) is 10.7. The highest BCUT2D eigenvalue weighted by molar-refractivity contribution is 5.31. The predicted molar refractivity (Wildman–Crippen MR) is 81.7 cm³/mol. The van der Waals surface area contributed by atoms with E-state index in [0.717, 1.165) is 26.2 Å². The van der Waals surface area contributed by atoms with E-state index in [1.165, 1.54) is 17.5 Å². The predicted octanol–water partition coefficient (Wildman–Crippen LogP) is 2.72. The van der Waals surface area contributed by atoms with Crippen molar-refractivity contribution in [2.75, 3.05) is 19.6 Å². The fourth-order valence-electron chi connectivity index (χ4n) is 3.76. The number of fused-ring (bicyclic) bond motifs is 1. The van der Waals surface area contributed by atoms with Crippen LogP contribution in [0.4, 0.5) is 0 Å². The van der Waals surface area contributed by atoms with E-state index in [4.69, 9.17) is 4.74 Å². The van der Waals surface area contributed by atoms with E-state index in [1.807, 2.05) is 0 Å². The molecule has 2 atom stereocenters. The third kappa shape index (κ3) is 2.90. The number of nitrogens with zero attached hydrogens (tertiary/aromatic N) is 1. The van der Waals surface area contributed by atoms with Crippen LogP contribution in [0.1, 0.15) is 44.4 Å². The summed E-state index contributed by atoms with van der Waals surface area (Å²) in [5.41, 5.74) is 2.90. The molecule has 1 fully saturated rings. The lowest BCUT2D eigenvalue weighted by Crippen LogP contribution is -2.53. The second kappa shape index (κ2) is 5.47. The molecule has 0 aliphatic carbocycles. The number of ether oxygens (including phenoxy) is 1. The summed E-state index contributed by atoms with van der Waals surface area (Å²) < 4.78 is 6.06. The summed E-state index contributed by atoms with van der Waals surface area (Å²) in [6.07, 6.45) is 1.49. The van der Waals surface area contributed by atoms with Crippen LogP contribution in [0.15, 0.2) is 24.3 Å². The minimum atomic E-state index is -0.0493. The maximum absolute atomic E-state index is 6.06. The maximum Gasteiger partial charge on any atom is 0.0757 e. The molecule has 0 spiro atoms. The van der Waals surface area contributed by atoms with Crippen LogP contribution >= 0.6 is 0 Å². The van der Waals surface area contributed by atoms with Crippen LogP contribution in [0.3, 0.4) is 0 Å². The summed E-state index contributed by atoms with van der Waals surface area (Å²) in [6, 6.07) is 9.41. The molecule has 3 heteroatoms. The topological polar surface area (TPSA) is 24.5 Å². The first-order valence-electron chi connectivity index (χ1n) is 7.75. The quantitative estimate of drug-likeness (QED) is 0.852. The summed E-state index contributed by atoms with van der Waals surface area (Å²) in [7, 11) is 0. The third-order valence-corrected chi connectivity index (χ3v) is 4.36. The Morgan fingerprint density at radius 2 is 2.10 bits per heavy atom. The van der Waals surface area contributed by atoms with E-state index >= 15 is 0 Å². The lowest BCUT2D eigenvalue weighted by molar-refractivity contribution is -0.139. The average Bonchev–Trinajstić information content (AvgIpc) is 2.58. The molecule has 1 saturated heterocycles. The Morgan fingerprint density at radius 3 is 2.90 bits per heavy atom. The van der Waals surface area contributed by atoms with Crippen LogP contribution in [0.5, 0.6) is 0 Å². The van der Waals surface area contributed by atoms with Crippen LogP contribution in [-0.4, -0.2) is 36.2 Å². The van der Waals surface area contributed by atoms with Crippen LogP contribution in [0, 0.1) is 0 Å². The number of hydrogen-bond acceptors (Lipinski definition) is 3. The first kappa shape index (κ1) is 14.1. The van der Waals surface area contributed by atoms with Gasteiger partial charge in [0.05, 0.1) is 11.7 Å². The molecule has 0 bridgehead atoms. The van der Waals surface area contributed by atoms with Crippen LogP contribution < -0.4 is 5.32 Å². The van der Waals surface area contributed by atoms with Gasteiger partial charge in [0, 0.05) is 25.7 Å². The molecule has 3 nitrogen and oxygen atoms in total. The van der Waals surface area contributed by atoms with E-state index in [9.17, 15) is 0 Å². The summed E-state index contributed by atoms with van der Waals surface area (Å²) >= 11 is 0. The van der Waals surface area contributed by atoms with Crippen molar-refractivity contribution in [3.8, 4) is 0 Å². The molecule has 20 heavy (non-hydrogen) atoms. The second-order valence-corrected chi connectivity index (χ2v) is 6.80. The van der Waals surface area contributed by atoms with Crippen molar-refractivity contribution >= 4 is 0 Å². The summed E-state index contributed by atoms with van der Waals surface area (Å²) in [4.78, 5) is 2.62. The van der Waals surface area contributed by atoms with E-state index in [-0.39, 0.29) is 5.60 Å². The number of hydrogen-bond donors (Lipinski definition) is 1. The molecule has 0 aromatic heterocycles. The van der Waals surface area contributed by atoms with Crippen molar-refractivity contribution in [1.82, 2.24) is 10.2 Å². The zero-order valence-electron chi connectivity index (χ0n) is 12.9. The Labute approximate surface area is 122 Å². The highest BCUT2D eigenvalue weighted by atomic mass is 16.5. The Balaban J connectivity index is 1.89. The molecule has 2 unspecified atom stereocenters. The van der Waals surface area contributed by atoms with Crippen LogP contribution in [-0.2, 0) is 11.3 Å². The fourth-order valence-corrected chi connectivity index (χ4v) is 3.76. The van der Waals surface area contributed by atoms with E-state index in [1.54, 1.807) is 0 Å². The Morgan fingerprint density at radius 1 is 1.30 bits per heavy atom. The first-order chi connectivity index (χ1) is 9.55. The van der Waals surface area contributed by atoms with E-state index in [2.05, 4.69) is 55.3 Å². The summed E-state index contributed by atoms with van der Waals surface area (Å²) in [5, 5.41) is 3.55. The molecular weight excluding hydrogens is 248 g/mol. The van der Waals surface area contributed by atoms with Gasteiger partial charge in [-0.15, -0.1) is 0 Å². The van der Waals surface area contributed by atoms with Crippen molar-refractivity contribution in [3.05, 3.63) is 35.4 Å². The lowest BCUT2D eigenvalue weighted by atomic mass is 9.95. The van der Waals surface area contributed by atoms with Crippen LogP contribution in [0.25, 0.3) is 0 Å². The lowest BCUT2D eigenvalue weighted by Gasteiger charge is -2.45. The number of rotatable bonds is 1. The Bertz CT molecular complexity index is 472. The number of morpholine rings is 1. The van der Waals surface area contributed by atoms with Gasteiger partial charge in [0.2, 0.25) is 0 Å². The molecule has 2 aliphatic heterocycles. The molecule has 1 aromatic carbocycles. The molecule has 0 amide bonds.